The molecular formula is C13H19NO3. The minimum absolute atomic E-state index is 0.0721. The summed E-state index contributed by atoms with van der Waals surface area (Å²) in [5.74, 6) is 1.38. The molecule has 1 aromatic carbocycles. The van der Waals surface area contributed by atoms with E-state index in [1.54, 1.807) is 28.2 Å². The molecule has 94 valence electrons. The van der Waals surface area contributed by atoms with Gasteiger partial charge in [-0.1, -0.05) is 0 Å². The molecule has 0 aromatic heterocycles. The van der Waals surface area contributed by atoms with Crippen molar-refractivity contribution in [3.05, 3.63) is 23.3 Å². The summed E-state index contributed by atoms with van der Waals surface area (Å²) in [4.78, 5) is 11.5. The van der Waals surface area contributed by atoms with Crippen LogP contribution in [0.3, 0.4) is 0 Å². The van der Waals surface area contributed by atoms with Crippen molar-refractivity contribution in [1.82, 2.24) is 5.32 Å². The first kappa shape index (κ1) is 13.5. The van der Waals surface area contributed by atoms with Crippen LogP contribution in [-0.2, 0) is 4.79 Å². The average molecular weight is 237 g/mol. The highest BCUT2D eigenvalue weighted by Crippen LogP contribution is 2.33. The van der Waals surface area contributed by atoms with E-state index < -0.39 is 0 Å². The molecule has 1 atom stereocenters. The standard InChI is InChI=1S/C13H19NO3/c1-8-6-11(16-4)12(17-5)7-10(8)13(14-3)9(2)15/h6-7,13-14H,1-5H3. The number of likely N-dealkylation sites (N-methyl/N-ethyl adjacent to an activating group) is 1. The van der Waals surface area contributed by atoms with Gasteiger partial charge in [0.25, 0.3) is 0 Å². The van der Waals surface area contributed by atoms with Crippen molar-refractivity contribution in [3.8, 4) is 11.5 Å². The molecule has 0 aliphatic rings. The topological polar surface area (TPSA) is 47.6 Å². The van der Waals surface area contributed by atoms with Gasteiger partial charge in [0.05, 0.1) is 20.3 Å². The molecule has 0 saturated heterocycles. The van der Waals surface area contributed by atoms with Crippen molar-refractivity contribution in [1.29, 1.82) is 0 Å². The second-order valence-electron chi connectivity index (χ2n) is 3.90. The van der Waals surface area contributed by atoms with Crippen LogP contribution < -0.4 is 14.8 Å². The van der Waals surface area contributed by atoms with Gasteiger partial charge in [0, 0.05) is 0 Å². The molecular weight excluding hydrogens is 218 g/mol. The van der Waals surface area contributed by atoms with Crippen LogP contribution >= 0.6 is 0 Å². The van der Waals surface area contributed by atoms with Crippen LogP contribution in [0.2, 0.25) is 0 Å². The molecule has 1 rings (SSSR count). The minimum Gasteiger partial charge on any atom is -0.493 e. The monoisotopic (exact) mass is 237 g/mol. The van der Waals surface area contributed by atoms with Gasteiger partial charge in [0.15, 0.2) is 17.3 Å². The third-order valence-corrected chi connectivity index (χ3v) is 2.78. The maximum Gasteiger partial charge on any atom is 0.161 e. The van der Waals surface area contributed by atoms with Crippen LogP contribution in [0, 0.1) is 6.92 Å². The van der Waals surface area contributed by atoms with Crippen molar-refractivity contribution in [2.24, 2.45) is 0 Å². The van der Waals surface area contributed by atoms with E-state index in [4.69, 9.17) is 9.47 Å². The van der Waals surface area contributed by atoms with E-state index in [1.807, 2.05) is 19.1 Å². The summed E-state index contributed by atoms with van der Waals surface area (Å²) in [7, 11) is 4.94. The van der Waals surface area contributed by atoms with Crippen LogP contribution in [0.5, 0.6) is 11.5 Å². The van der Waals surface area contributed by atoms with E-state index >= 15 is 0 Å². The number of methoxy groups -OCH3 is 2. The predicted octanol–water partition coefficient (Wildman–Crippen LogP) is 1.86. The van der Waals surface area contributed by atoms with Gasteiger partial charge < -0.3 is 14.8 Å². The maximum atomic E-state index is 11.5. The van der Waals surface area contributed by atoms with E-state index in [-0.39, 0.29) is 11.8 Å². The molecule has 0 fully saturated rings. The van der Waals surface area contributed by atoms with Gasteiger partial charge in [-0.2, -0.15) is 0 Å². The lowest BCUT2D eigenvalue weighted by Crippen LogP contribution is -2.24. The zero-order valence-corrected chi connectivity index (χ0v) is 11.0. The normalized spacial score (nSPS) is 12.1. The molecule has 1 aromatic rings. The number of hydrogen-bond acceptors (Lipinski definition) is 4. The Hall–Kier alpha value is -1.55. The van der Waals surface area contributed by atoms with Gasteiger partial charge in [-0.05, 0) is 44.2 Å². The van der Waals surface area contributed by atoms with Gasteiger partial charge in [0.1, 0.15) is 0 Å². The quantitative estimate of drug-likeness (QED) is 0.849. The van der Waals surface area contributed by atoms with Gasteiger partial charge in [-0.15, -0.1) is 0 Å². The largest absolute Gasteiger partial charge is 0.493 e. The Balaban J connectivity index is 3.29. The highest BCUT2D eigenvalue weighted by atomic mass is 16.5. The third kappa shape index (κ3) is 2.77. The fraction of sp³-hybridized carbons (Fsp3) is 0.462. The number of rotatable bonds is 5. The van der Waals surface area contributed by atoms with E-state index in [0.717, 1.165) is 11.1 Å². The number of ketones is 1. The van der Waals surface area contributed by atoms with Crippen molar-refractivity contribution in [2.75, 3.05) is 21.3 Å². The number of benzene rings is 1. The van der Waals surface area contributed by atoms with E-state index in [2.05, 4.69) is 5.32 Å². The van der Waals surface area contributed by atoms with Crippen LogP contribution in [0.1, 0.15) is 24.1 Å². The Kier molecular flexibility index (Phi) is 4.52. The SMILES string of the molecule is CNC(C(C)=O)c1cc(OC)c(OC)cc1C. The van der Waals surface area contributed by atoms with Crippen molar-refractivity contribution >= 4 is 5.78 Å². The Morgan fingerprint density at radius 2 is 1.76 bits per heavy atom. The first-order chi connectivity index (χ1) is 8.04. The Labute approximate surface area is 102 Å². The Morgan fingerprint density at radius 1 is 1.24 bits per heavy atom. The van der Waals surface area contributed by atoms with Crippen LogP contribution in [0.15, 0.2) is 12.1 Å². The highest BCUT2D eigenvalue weighted by molar-refractivity contribution is 5.83. The first-order valence-electron chi connectivity index (χ1n) is 5.45. The van der Waals surface area contributed by atoms with Gasteiger partial charge in [-0.25, -0.2) is 0 Å². The maximum absolute atomic E-state index is 11.5. The number of carbonyl (C=O) groups is 1. The summed E-state index contributed by atoms with van der Waals surface area (Å²) < 4.78 is 10.5. The Bertz CT molecular complexity index is 415. The van der Waals surface area contributed by atoms with Gasteiger partial charge in [-0.3, -0.25) is 4.79 Å². The molecule has 0 saturated carbocycles. The second-order valence-corrected chi connectivity index (χ2v) is 3.90. The van der Waals surface area contributed by atoms with E-state index in [1.165, 1.54) is 0 Å². The fourth-order valence-electron chi connectivity index (χ4n) is 1.89. The zero-order valence-electron chi connectivity index (χ0n) is 11.0. The number of Topliss-reactive ketones (excluding diaryl/α,β-unsaturated/α-hetero) is 1. The minimum atomic E-state index is -0.310. The molecule has 4 heteroatoms. The van der Waals surface area contributed by atoms with Gasteiger partial charge in [0.2, 0.25) is 0 Å². The van der Waals surface area contributed by atoms with Crippen molar-refractivity contribution in [2.45, 2.75) is 19.9 Å². The number of carbonyl (C=O) groups excluding carboxylic acids is 1. The van der Waals surface area contributed by atoms with Crippen LogP contribution in [-0.4, -0.2) is 27.1 Å². The molecule has 0 aliphatic carbocycles. The lowest BCUT2D eigenvalue weighted by atomic mass is 9.98. The molecule has 0 amide bonds. The lowest BCUT2D eigenvalue weighted by molar-refractivity contribution is -0.119. The summed E-state index contributed by atoms with van der Waals surface area (Å²) in [5, 5.41) is 3.00. The van der Waals surface area contributed by atoms with E-state index in [9.17, 15) is 4.79 Å². The fourth-order valence-corrected chi connectivity index (χ4v) is 1.89. The smallest absolute Gasteiger partial charge is 0.161 e. The molecule has 0 bridgehead atoms. The Morgan fingerprint density at radius 3 is 2.18 bits per heavy atom. The predicted molar refractivity (Wildman–Crippen MR) is 66.8 cm³/mol. The average Bonchev–Trinajstić information content (AvgIpc) is 2.31. The van der Waals surface area contributed by atoms with Crippen LogP contribution in [0.4, 0.5) is 0 Å². The number of aryl methyl sites for hydroxylation is 1. The molecule has 1 unspecified atom stereocenters. The molecule has 4 nitrogen and oxygen atoms in total. The van der Waals surface area contributed by atoms with Crippen molar-refractivity contribution < 1.29 is 14.3 Å². The summed E-state index contributed by atoms with van der Waals surface area (Å²) >= 11 is 0. The van der Waals surface area contributed by atoms with Crippen molar-refractivity contribution in [3.63, 3.8) is 0 Å². The molecule has 0 aliphatic heterocycles. The van der Waals surface area contributed by atoms with E-state index in [0.29, 0.717) is 11.5 Å². The summed E-state index contributed by atoms with van der Waals surface area (Å²) in [6, 6.07) is 3.41. The molecule has 1 N–H and O–H groups in total. The number of hydrogen-bond donors (Lipinski definition) is 1. The van der Waals surface area contributed by atoms with Crippen LogP contribution in [0.25, 0.3) is 0 Å². The molecule has 0 radical (unpaired) electrons. The zero-order chi connectivity index (χ0) is 13.0. The lowest BCUT2D eigenvalue weighted by Gasteiger charge is -2.18. The molecule has 0 spiro atoms. The van der Waals surface area contributed by atoms with Gasteiger partial charge >= 0.3 is 0 Å². The summed E-state index contributed by atoms with van der Waals surface area (Å²) in [6.07, 6.45) is 0. The highest BCUT2D eigenvalue weighted by Gasteiger charge is 2.19. The number of ether oxygens (including phenoxy) is 2. The summed E-state index contributed by atoms with van der Waals surface area (Å²) in [5.41, 5.74) is 1.91. The molecule has 17 heavy (non-hydrogen) atoms. The second kappa shape index (κ2) is 5.68. The summed E-state index contributed by atoms with van der Waals surface area (Å²) in [6.45, 7) is 3.52. The molecule has 0 heterocycles. The number of nitrogens with one attached hydrogen (secondary N) is 1. The third-order valence-electron chi connectivity index (χ3n) is 2.78. The first-order valence-corrected chi connectivity index (χ1v) is 5.45.